The van der Waals surface area contributed by atoms with Crippen molar-refractivity contribution in [2.24, 2.45) is 0 Å². The van der Waals surface area contributed by atoms with Gasteiger partial charge in [0.25, 0.3) is 0 Å². The third-order valence-corrected chi connectivity index (χ3v) is 3.07. The summed E-state index contributed by atoms with van der Waals surface area (Å²) in [5, 5.41) is 21.5. The molecule has 0 unspecified atom stereocenters. The fourth-order valence-electron chi connectivity index (χ4n) is 2.08. The molecule has 0 amide bonds. The molecule has 0 bridgehead atoms. The highest BCUT2D eigenvalue weighted by Crippen LogP contribution is 2.21. The number of nitrogens with one attached hydrogen (secondary N) is 1. The van der Waals surface area contributed by atoms with Crippen LogP contribution in [0.4, 0.5) is 5.69 Å². The lowest BCUT2D eigenvalue weighted by atomic mass is 10.1. The first kappa shape index (κ1) is 15.4. The second-order valence-corrected chi connectivity index (χ2v) is 5.12. The van der Waals surface area contributed by atoms with Gasteiger partial charge in [-0.1, -0.05) is 18.2 Å². The van der Waals surface area contributed by atoms with E-state index in [1.807, 2.05) is 38.1 Å². The molecule has 0 aliphatic heterocycles. The summed E-state index contributed by atoms with van der Waals surface area (Å²) in [6.45, 7) is 4.50. The van der Waals surface area contributed by atoms with Crippen molar-refractivity contribution in [2.45, 2.75) is 26.5 Å². The van der Waals surface area contributed by atoms with Crippen LogP contribution < -0.4 is 10.1 Å². The lowest BCUT2D eigenvalue weighted by Gasteiger charge is -2.12. The Morgan fingerprint density at radius 1 is 1.00 bits per heavy atom. The first-order chi connectivity index (χ1) is 10.6. The number of anilines is 1. The van der Waals surface area contributed by atoms with Crippen LogP contribution in [0.3, 0.4) is 0 Å². The van der Waals surface area contributed by atoms with E-state index in [0.29, 0.717) is 23.4 Å². The Morgan fingerprint density at radius 2 is 1.59 bits per heavy atom. The molecule has 0 aliphatic carbocycles. The highest BCUT2D eigenvalue weighted by Gasteiger charge is 2.07. The zero-order valence-corrected chi connectivity index (χ0v) is 12.6. The predicted octanol–water partition coefficient (Wildman–Crippen LogP) is 3.83. The van der Waals surface area contributed by atoms with Gasteiger partial charge in [0, 0.05) is 6.54 Å². The summed E-state index contributed by atoms with van der Waals surface area (Å²) in [6.07, 6.45) is 0.143. The Labute approximate surface area is 130 Å². The molecule has 0 saturated heterocycles. The Kier molecular flexibility index (Phi) is 5.01. The lowest BCUT2D eigenvalue weighted by Crippen LogP contribution is -2.06. The molecule has 2 rings (SSSR count). The fraction of sp³-hybridized carbons (Fsp3) is 0.222. The highest BCUT2D eigenvalue weighted by atomic mass is 16.5. The van der Waals surface area contributed by atoms with Crippen LogP contribution in [0.15, 0.2) is 42.5 Å². The van der Waals surface area contributed by atoms with E-state index in [4.69, 9.17) is 15.3 Å². The predicted molar refractivity (Wildman–Crippen MR) is 85.4 cm³/mol. The number of nitriles is 2. The quantitative estimate of drug-likeness (QED) is 0.909. The molecule has 22 heavy (non-hydrogen) atoms. The molecule has 2 aromatic rings. The first-order valence-electron chi connectivity index (χ1n) is 7.06. The second-order valence-electron chi connectivity index (χ2n) is 5.12. The summed E-state index contributed by atoms with van der Waals surface area (Å²) >= 11 is 0. The van der Waals surface area contributed by atoms with Crippen LogP contribution >= 0.6 is 0 Å². The number of benzene rings is 2. The fourth-order valence-corrected chi connectivity index (χ4v) is 2.08. The van der Waals surface area contributed by atoms with Crippen molar-refractivity contribution < 1.29 is 4.74 Å². The molecule has 0 spiro atoms. The van der Waals surface area contributed by atoms with E-state index in [2.05, 4.69) is 17.5 Å². The average molecular weight is 291 g/mol. The molecule has 0 radical (unpaired) electrons. The molecule has 0 aromatic heterocycles. The number of hydrogen-bond donors (Lipinski definition) is 1. The van der Waals surface area contributed by atoms with Crippen LogP contribution in [0.5, 0.6) is 5.75 Å². The molecular weight excluding hydrogens is 274 g/mol. The zero-order valence-electron chi connectivity index (χ0n) is 12.6. The van der Waals surface area contributed by atoms with Gasteiger partial charge in [0.05, 0.1) is 22.9 Å². The van der Waals surface area contributed by atoms with Gasteiger partial charge in [-0.05, 0) is 43.7 Å². The minimum absolute atomic E-state index is 0.143. The van der Waals surface area contributed by atoms with E-state index >= 15 is 0 Å². The van der Waals surface area contributed by atoms with Crippen LogP contribution in [0.2, 0.25) is 0 Å². The number of para-hydroxylation sites is 1. The maximum absolute atomic E-state index is 9.14. The van der Waals surface area contributed by atoms with Gasteiger partial charge in [0.15, 0.2) is 0 Å². The van der Waals surface area contributed by atoms with Crippen molar-refractivity contribution in [3.8, 4) is 17.9 Å². The molecular formula is C18H17N3O. The van der Waals surface area contributed by atoms with Gasteiger partial charge in [0.1, 0.15) is 17.9 Å². The lowest BCUT2D eigenvalue weighted by molar-refractivity contribution is 0.242. The van der Waals surface area contributed by atoms with Crippen molar-refractivity contribution in [1.29, 1.82) is 10.5 Å². The highest BCUT2D eigenvalue weighted by molar-refractivity contribution is 5.66. The molecule has 110 valence electrons. The second kappa shape index (κ2) is 7.15. The Hall–Kier alpha value is -2.98. The number of hydrogen-bond acceptors (Lipinski definition) is 4. The maximum Gasteiger partial charge on any atom is 0.119 e. The van der Waals surface area contributed by atoms with Gasteiger partial charge in [-0.3, -0.25) is 0 Å². The minimum atomic E-state index is 0.143. The smallest absolute Gasteiger partial charge is 0.119 e. The minimum Gasteiger partial charge on any atom is -0.491 e. The van der Waals surface area contributed by atoms with Gasteiger partial charge in [-0.2, -0.15) is 10.5 Å². The Bertz CT molecular complexity index is 689. The third-order valence-electron chi connectivity index (χ3n) is 3.07. The maximum atomic E-state index is 9.14. The van der Waals surface area contributed by atoms with Crippen LogP contribution in [0, 0.1) is 22.7 Å². The van der Waals surface area contributed by atoms with E-state index in [-0.39, 0.29) is 6.10 Å². The molecule has 0 aliphatic rings. The monoisotopic (exact) mass is 291 g/mol. The van der Waals surface area contributed by atoms with Gasteiger partial charge >= 0.3 is 0 Å². The van der Waals surface area contributed by atoms with Crippen molar-refractivity contribution in [2.75, 3.05) is 5.32 Å². The Balaban J connectivity index is 2.11. The standard InChI is InChI=1S/C18H17N3O/c1-13(2)22-17-8-6-14(7-9-17)12-21-18-15(10-19)4-3-5-16(18)11-20/h3-9,13,21H,12H2,1-2H3. The van der Waals surface area contributed by atoms with Crippen LogP contribution in [0.25, 0.3) is 0 Å². The largest absolute Gasteiger partial charge is 0.491 e. The van der Waals surface area contributed by atoms with Crippen molar-refractivity contribution in [3.63, 3.8) is 0 Å². The van der Waals surface area contributed by atoms with Crippen molar-refractivity contribution in [3.05, 3.63) is 59.2 Å². The van der Waals surface area contributed by atoms with E-state index in [9.17, 15) is 0 Å². The van der Waals surface area contributed by atoms with E-state index in [1.54, 1.807) is 18.2 Å². The van der Waals surface area contributed by atoms with Gasteiger partial charge in [0.2, 0.25) is 0 Å². The van der Waals surface area contributed by atoms with Crippen LogP contribution in [-0.4, -0.2) is 6.10 Å². The third kappa shape index (κ3) is 3.77. The number of ether oxygens (including phenoxy) is 1. The molecule has 0 heterocycles. The van der Waals surface area contributed by atoms with Crippen LogP contribution in [-0.2, 0) is 6.54 Å². The molecule has 0 saturated carbocycles. The van der Waals surface area contributed by atoms with Gasteiger partial charge in [-0.25, -0.2) is 0 Å². The van der Waals surface area contributed by atoms with Gasteiger partial charge in [-0.15, -0.1) is 0 Å². The van der Waals surface area contributed by atoms with Crippen LogP contribution in [0.1, 0.15) is 30.5 Å². The zero-order chi connectivity index (χ0) is 15.9. The SMILES string of the molecule is CC(C)Oc1ccc(CNc2c(C#N)cccc2C#N)cc1. The first-order valence-corrected chi connectivity index (χ1v) is 7.06. The molecule has 1 N–H and O–H groups in total. The topological polar surface area (TPSA) is 68.8 Å². The number of nitrogens with zero attached hydrogens (tertiary/aromatic N) is 2. The number of rotatable bonds is 5. The van der Waals surface area contributed by atoms with E-state index < -0.39 is 0 Å². The molecule has 0 fully saturated rings. The van der Waals surface area contributed by atoms with E-state index in [0.717, 1.165) is 11.3 Å². The Morgan fingerprint density at radius 3 is 2.09 bits per heavy atom. The summed E-state index contributed by atoms with van der Waals surface area (Å²) in [4.78, 5) is 0. The normalized spacial score (nSPS) is 9.86. The van der Waals surface area contributed by atoms with Crippen molar-refractivity contribution >= 4 is 5.69 Å². The molecule has 2 aromatic carbocycles. The van der Waals surface area contributed by atoms with Gasteiger partial charge < -0.3 is 10.1 Å². The molecule has 4 heteroatoms. The summed E-state index contributed by atoms with van der Waals surface area (Å²) in [6, 6.07) is 17.1. The van der Waals surface area contributed by atoms with Crippen molar-refractivity contribution in [1.82, 2.24) is 0 Å². The summed E-state index contributed by atoms with van der Waals surface area (Å²) < 4.78 is 5.60. The summed E-state index contributed by atoms with van der Waals surface area (Å²) in [5.41, 5.74) is 2.57. The molecule has 4 nitrogen and oxygen atoms in total. The summed E-state index contributed by atoms with van der Waals surface area (Å²) in [5.74, 6) is 0.828. The molecule has 0 atom stereocenters. The average Bonchev–Trinajstić information content (AvgIpc) is 2.53. The summed E-state index contributed by atoms with van der Waals surface area (Å²) in [7, 11) is 0. The van der Waals surface area contributed by atoms with E-state index in [1.165, 1.54) is 0 Å².